The van der Waals surface area contributed by atoms with Gasteiger partial charge in [-0.1, -0.05) is 6.07 Å². The molecule has 16 heavy (non-hydrogen) atoms. The Labute approximate surface area is 98.4 Å². The number of nitrogens with zero attached hydrogens (tertiary/aromatic N) is 1. The highest BCUT2D eigenvalue weighted by Crippen LogP contribution is 2.23. The summed E-state index contributed by atoms with van der Waals surface area (Å²) in [6, 6.07) is 4.32. The van der Waals surface area contributed by atoms with Gasteiger partial charge in [-0.2, -0.15) is 0 Å². The first kappa shape index (κ1) is 13.0. The Balaban J connectivity index is 2.89. The molecule has 0 aliphatic rings. The van der Waals surface area contributed by atoms with E-state index in [-0.39, 0.29) is 0 Å². The Morgan fingerprint density at radius 3 is 2.44 bits per heavy atom. The Kier molecular flexibility index (Phi) is 4.77. The van der Waals surface area contributed by atoms with Gasteiger partial charge in [-0.15, -0.1) is 0 Å². The molecule has 0 unspecified atom stereocenters. The standard InChI is InChI=1S/C13H22N2O/c1-10-6-12(8-15(4)9-14-3)13(16-5)7-11(10)2/h6-7,14H,8-9H2,1-5H3. The molecule has 0 atom stereocenters. The van der Waals surface area contributed by atoms with E-state index in [1.54, 1.807) is 7.11 Å². The molecule has 0 spiro atoms. The number of ether oxygens (including phenoxy) is 1. The third kappa shape index (κ3) is 3.22. The molecule has 0 heterocycles. The van der Waals surface area contributed by atoms with Crippen LogP contribution >= 0.6 is 0 Å². The highest BCUT2D eigenvalue weighted by atomic mass is 16.5. The summed E-state index contributed by atoms with van der Waals surface area (Å²) in [6.07, 6.45) is 0. The van der Waals surface area contributed by atoms with Gasteiger partial charge < -0.3 is 10.1 Å². The lowest BCUT2D eigenvalue weighted by molar-refractivity contribution is 0.302. The maximum atomic E-state index is 5.41. The van der Waals surface area contributed by atoms with E-state index in [1.165, 1.54) is 16.7 Å². The lowest BCUT2D eigenvalue weighted by Gasteiger charge is -2.19. The summed E-state index contributed by atoms with van der Waals surface area (Å²) in [5, 5.41) is 3.14. The number of rotatable bonds is 5. The van der Waals surface area contributed by atoms with Crippen LogP contribution < -0.4 is 10.1 Å². The molecule has 0 aromatic heterocycles. The number of aryl methyl sites for hydroxylation is 2. The molecule has 90 valence electrons. The lowest BCUT2D eigenvalue weighted by atomic mass is 10.0. The van der Waals surface area contributed by atoms with Gasteiger partial charge in [-0.3, -0.25) is 4.90 Å². The molecule has 3 nitrogen and oxygen atoms in total. The maximum Gasteiger partial charge on any atom is 0.123 e. The van der Waals surface area contributed by atoms with Gasteiger partial charge in [0.1, 0.15) is 5.75 Å². The van der Waals surface area contributed by atoms with Crippen LogP contribution in [0.2, 0.25) is 0 Å². The molecule has 1 aromatic carbocycles. The van der Waals surface area contributed by atoms with E-state index >= 15 is 0 Å². The van der Waals surface area contributed by atoms with E-state index in [4.69, 9.17) is 4.74 Å². The van der Waals surface area contributed by atoms with Crippen LogP contribution in [0.4, 0.5) is 0 Å². The maximum absolute atomic E-state index is 5.41. The molecular formula is C13H22N2O. The molecule has 1 N–H and O–H groups in total. The average molecular weight is 222 g/mol. The zero-order valence-corrected chi connectivity index (χ0v) is 10.9. The van der Waals surface area contributed by atoms with E-state index in [9.17, 15) is 0 Å². The zero-order chi connectivity index (χ0) is 12.1. The van der Waals surface area contributed by atoms with Gasteiger partial charge in [0.15, 0.2) is 0 Å². The molecule has 1 aromatic rings. The second kappa shape index (κ2) is 5.87. The van der Waals surface area contributed by atoms with Crippen molar-refractivity contribution < 1.29 is 4.74 Å². The van der Waals surface area contributed by atoms with Gasteiger partial charge in [0.25, 0.3) is 0 Å². The quantitative estimate of drug-likeness (QED) is 0.770. The van der Waals surface area contributed by atoms with Crippen LogP contribution in [0.3, 0.4) is 0 Å². The first-order chi connectivity index (χ1) is 7.58. The third-order valence-corrected chi connectivity index (χ3v) is 2.77. The molecule has 0 saturated carbocycles. The van der Waals surface area contributed by atoms with Crippen LogP contribution in [-0.2, 0) is 6.54 Å². The highest BCUT2D eigenvalue weighted by Gasteiger charge is 2.07. The minimum atomic E-state index is 0.871. The number of hydrogen-bond acceptors (Lipinski definition) is 3. The van der Waals surface area contributed by atoms with E-state index < -0.39 is 0 Å². The van der Waals surface area contributed by atoms with Crippen LogP contribution in [0.15, 0.2) is 12.1 Å². The van der Waals surface area contributed by atoms with Gasteiger partial charge in [0.2, 0.25) is 0 Å². The summed E-state index contributed by atoms with van der Waals surface area (Å²) in [4.78, 5) is 2.21. The summed E-state index contributed by atoms with van der Waals surface area (Å²) >= 11 is 0. The lowest BCUT2D eigenvalue weighted by Crippen LogP contribution is -2.28. The molecule has 1 rings (SSSR count). The van der Waals surface area contributed by atoms with E-state index in [0.29, 0.717) is 0 Å². The summed E-state index contributed by atoms with van der Waals surface area (Å²) < 4.78 is 5.41. The smallest absolute Gasteiger partial charge is 0.123 e. The Morgan fingerprint density at radius 1 is 1.25 bits per heavy atom. The number of methoxy groups -OCH3 is 1. The van der Waals surface area contributed by atoms with Gasteiger partial charge in [-0.05, 0) is 45.1 Å². The largest absolute Gasteiger partial charge is 0.496 e. The highest BCUT2D eigenvalue weighted by molar-refractivity contribution is 5.41. The van der Waals surface area contributed by atoms with E-state index in [1.807, 2.05) is 7.05 Å². The average Bonchev–Trinajstić information content (AvgIpc) is 2.23. The number of hydrogen-bond donors (Lipinski definition) is 1. The third-order valence-electron chi connectivity index (χ3n) is 2.77. The van der Waals surface area contributed by atoms with Crippen LogP contribution in [0.25, 0.3) is 0 Å². The van der Waals surface area contributed by atoms with Crippen molar-refractivity contribution >= 4 is 0 Å². The SMILES string of the molecule is CNCN(C)Cc1cc(C)c(C)cc1OC. The molecule has 0 bridgehead atoms. The van der Waals surface area contributed by atoms with Crippen molar-refractivity contribution in [2.75, 3.05) is 27.9 Å². The Morgan fingerprint density at radius 2 is 1.88 bits per heavy atom. The van der Waals surface area contributed by atoms with Crippen molar-refractivity contribution in [3.63, 3.8) is 0 Å². The summed E-state index contributed by atoms with van der Waals surface area (Å²) in [5.41, 5.74) is 3.83. The second-order valence-electron chi connectivity index (χ2n) is 4.27. The first-order valence-electron chi connectivity index (χ1n) is 5.55. The Hall–Kier alpha value is -1.06. The monoisotopic (exact) mass is 222 g/mol. The fraction of sp³-hybridized carbons (Fsp3) is 0.538. The van der Waals surface area contributed by atoms with Crippen molar-refractivity contribution in [3.8, 4) is 5.75 Å². The summed E-state index contributed by atoms with van der Waals surface area (Å²) in [6.45, 7) is 6.01. The minimum Gasteiger partial charge on any atom is -0.496 e. The van der Waals surface area contributed by atoms with Crippen LogP contribution in [-0.4, -0.2) is 32.8 Å². The fourth-order valence-corrected chi connectivity index (χ4v) is 1.78. The van der Waals surface area contributed by atoms with Crippen LogP contribution in [0.1, 0.15) is 16.7 Å². The van der Waals surface area contributed by atoms with Gasteiger partial charge in [0, 0.05) is 18.8 Å². The topological polar surface area (TPSA) is 24.5 Å². The number of benzene rings is 1. The van der Waals surface area contributed by atoms with Crippen molar-refractivity contribution in [3.05, 3.63) is 28.8 Å². The normalized spacial score (nSPS) is 10.9. The zero-order valence-electron chi connectivity index (χ0n) is 10.9. The molecule has 0 amide bonds. The van der Waals surface area contributed by atoms with Crippen molar-refractivity contribution in [1.82, 2.24) is 10.2 Å². The molecule has 3 heteroatoms. The summed E-state index contributed by atoms with van der Waals surface area (Å²) in [5.74, 6) is 0.978. The first-order valence-corrected chi connectivity index (χ1v) is 5.55. The van der Waals surface area contributed by atoms with Crippen molar-refractivity contribution in [2.24, 2.45) is 0 Å². The molecule has 0 saturated heterocycles. The van der Waals surface area contributed by atoms with E-state index in [2.05, 4.69) is 43.2 Å². The predicted molar refractivity (Wildman–Crippen MR) is 67.9 cm³/mol. The van der Waals surface area contributed by atoms with Gasteiger partial charge >= 0.3 is 0 Å². The van der Waals surface area contributed by atoms with Crippen LogP contribution in [0.5, 0.6) is 5.75 Å². The van der Waals surface area contributed by atoms with Gasteiger partial charge in [-0.25, -0.2) is 0 Å². The molecule has 0 fully saturated rings. The van der Waals surface area contributed by atoms with Crippen molar-refractivity contribution in [1.29, 1.82) is 0 Å². The fourth-order valence-electron chi connectivity index (χ4n) is 1.78. The molecule has 0 aliphatic carbocycles. The molecular weight excluding hydrogens is 200 g/mol. The Bertz CT molecular complexity index is 350. The van der Waals surface area contributed by atoms with Crippen LogP contribution in [0, 0.1) is 13.8 Å². The molecule has 0 radical (unpaired) electrons. The number of nitrogens with one attached hydrogen (secondary N) is 1. The van der Waals surface area contributed by atoms with Gasteiger partial charge in [0.05, 0.1) is 7.11 Å². The predicted octanol–water partition coefficient (Wildman–Crippen LogP) is 1.92. The second-order valence-corrected chi connectivity index (χ2v) is 4.27. The summed E-state index contributed by atoms with van der Waals surface area (Å²) in [7, 11) is 5.77. The van der Waals surface area contributed by atoms with E-state index in [0.717, 1.165) is 19.0 Å². The van der Waals surface area contributed by atoms with Crippen molar-refractivity contribution in [2.45, 2.75) is 20.4 Å². The molecule has 0 aliphatic heterocycles. The minimum absolute atomic E-state index is 0.871.